The third-order valence-electron chi connectivity index (χ3n) is 4.71. The lowest BCUT2D eigenvalue weighted by atomic mass is 10.1. The average molecular weight is 442 g/mol. The maximum absolute atomic E-state index is 13.1. The Morgan fingerprint density at radius 2 is 1.97 bits per heavy atom. The van der Waals surface area contributed by atoms with Crippen LogP contribution in [0.15, 0.2) is 46.9 Å². The fourth-order valence-corrected chi connectivity index (χ4v) is 5.12. The average Bonchev–Trinajstić information content (AvgIpc) is 2.98. The maximum Gasteiger partial charge on any atom is 0.263 e. The predicted molar refractivity (Wildman–Crippen MR) is 124 cm³/mol. The van der Waals surface area contributed by atoms with Crippen molar-refractivity contribution >= 4 is 50.7 Å². The summed E-state index contributed by atoms with van der Waals surface area (Å²) in [6.07, 6.45) is 1.65. The molecule has 156 valence electrons. The van der Waals surface area contributed by atoms with Gasteiger partial charge in [0.15, 0.2) is 10.9 Å². The van der Waals surface area contributed by atoms with E-state index in [0.29, 0.717) is 33.2 Å². The molecule has 0 aliphatic heterocycles. The third kappa shape index (κ3) is 4.39. The molecule has 2 aromatic heterocycles. The van der Waals surface area contributed by atoms with Gasteiger partial charge in [0, 0.05) is 29.6 Å². The van der Waals surface area contributed by atoms with E-state index in [1.165, 1.54) is 30.0 Å². The second kappa shape index (κ2) is 8.97. The van der Waals surface area contributed by atoms with Crippen LogP contribution >= 0.6 is 23.1 Å². The Bertz CT molecular complexity index is 1190. The number of benzene rings is 1. The van der Waals surface area contributed by atoms with Crippen molar-refractivity contribution in [1.82, 2.24) is 9.55 Å². The van der Waals surface area contributed by atoms with Crippen molar-refractivity contribution in [3.05, 3.63) is 63.3 Å². The Morgan fingerprint density at radius 3 is 2.57 bits per heavy atom. The van der Waals surface area contributed by atoms with Crippen molar-refractivity contribution in [3.8, 4) is 0 Å². The van der Waals surface area contributed by atoms with Gasteiger partial charge in [-0.25, -0.2) is 4.98 Å². The van der Waals surface area contributed by atoms with Gasteiger partial charge in [-0.3, -0.25) is 19.0 Å². The van der Waals surface area contributed by atoms with Gasteiger partial charge >= 0.3 is 0 Å². The highest BCUT2D eigenvalue weighted by Crippen LogP contribution is 2.30. The Balaban J connectivity index is 1.91. The Morgan fingerprint density at radius 1 is 1.30 bits per heavy atom. The van der Waals surface area contributed by atoms with E-state index < -0.39 is 5.25 Å². The number of aryl methyl sites for hydroxylation is 2. The van der Waals surface area contributed by atoms with Crippen molar-refractivity contribution in [2.75, 3.05) is 5.32 Å². The first-order chi connectivity index (χ1) is 14.2. The SMILES string of the molecule is C=CCn1c(SC(C)C(=O)c2ccc(NC(C)=O)cc2)nc2sc(C)c(C)c2c1=O. The molecule has 0 aliphatic carbocycles. The van der Waals surface area contributed by atoms with E-state index in [0.717, 1.165) is 10.4 Å². The number of Topliss-reactive ketones (excluding diaryl/α,β-unsaturated/α-hetero) is 1. The molecule has 1 aromatic carbocycles. The number of hydrogen-bond donors (Lipinski definition) is 1. The second-order valence-electron chi connectivity index (χ2n) is 6.95. The number of thiophene rings is 1. The number of nitrogens with zero attached hydrogens (tertiary/aromatic N) is 2. The highest BCUT2D eigenvalue weighted by atomic mass is 32.2. The molecule has 0 aliphatic rings. The number of nitrogens with one attached hydrogen (secondary N) is 1. The number of fused-ring (bicyclic) bond motifs is 1. The van der Waals surface area contributed by atoms with Crippen LogP contribution in [-0.2, 0) is 11.3 Å². The Labute approximate surface area is 183 Å². The monoisotopic (exact) mass is 441 g/mol. The molecule has 0 fully saturated rings. The van der Waals surface area contributed by atoms with Crippen LogP contribution in [0.5, 0.6) is 0 Å². The molecule has 3 aromatic rings. The molecule has 0 saturated heterocycles. The van der Waals surface area contributed by atoms with Crippen LogP contribution < -0.4 is 10.9 Å². The molecule has 1 unspecified atom stereocenters. The standard InChI is InChI=1S/C22H23N3O3S2/c1-6-11-25-21(28)18-12(2)13(3)29-20(18)24-22(25)30-14(4)19(27)16-7-9-17(10-8-16)23-15(5)26/h6-10,14H,1,11H2,2-5H3,(H,23,26). The summed E-state index contributed by atoms with van der Waals surface area (Å²) in [5.41, 5.74) is 2.01. The van der Waals surface area contributed by atoms with Crippen LogP contribution in [0.1, 0.15) is 34.6 Å². The highest BCUT2D eigenvalue weighted by Gasteiger charge is 2.22. The molecule has 8 heteroatoms. The number of thioether (sulfide) groups is 1. The minimum atomic E-state index is -0.445. The smallest absolute Gasteiger partial charge is 0.263 e. The van der Waals surface area contributed by atoms with Gasteiger partial charge in [-0.1, -0.05) is 17.8 Å². The molecule has 1 amide bonds. The van der Waals surface area contributed by atoms with E-state index in [1.54, 1.807) is 41.8 Å². The molecule has 1 N–H and O–H groups in total. The number of carbonyl (C=O) groups is 2. The zero-order valence-corrected chi connectivity index (χ0v) is 18.9. The predicted octanol–water partition coefficient (Wildman–Crippen LogP) is 4.58. The molecule has 0 radical (unpaired) electrons. The maximum atomic E-state index is 13.1. The van der Waals surface area contributed by atoms with Crippen molar-refractivity contribution in [2.24, 2.45) is 0 Å². The number of ketones is 1. The zero-order chi connectivity index (χ0) is 22.0. The van der Waals surface area contributed by atoms with Gasteiger partial charge in [0.1, 0.15) is 4.83 Å². The minimum Gasteiger partial charge on any atom is -0.326 e. The molecule has 2 heterocycles. The molecule has 3 rings (SSSR count). The quantitative estimate of drug-likeness (QED) is 0.251. The van der Waals surface area contributed by atoms with Gasteiger partial charge in [-0.2, -0.15) is 0 Å². The molecule has 0 saturated carbocycles. The summed E-state index contributed by atoms with van der Waals surface area (Å²) in [6.45, 7) is 11.2. The molecule has 6 nitrogen and oxygen atoms in total. The number of anilines is 1. The van der Waals surface area contributed by atoms with Gasteiger partial charge in [0.2, 0.25) is 5.91 Å². The van der Waals surface area contributed by atoms with Gasteiger partial charge in [0.25, 0.3) is 5.56 Å². The highest BCUT2D eigenvalue weighted by molar-refractivity contribution is 8.00. The lowest BCUT2D eigenvalue weighted by Crippen LogP contribution is -2.24. The van der Waals surface area contributed by atoms with Gasteiger partial charge in [-0.15, -0.1) is 17.9 Å². The second-order valence-corrected chi connectivity index (χ2v) is 9.46. The number of rotatable bonds is 7. The van der Waals surface area contributed by atoms with Crippen LogP contribution in [0.2, 0.25) is 0 Å². The molecule has 0 spiro atoms. The number of aromatic nitrogens is 2. The summed E-state index contributed by atoms with van der Waals surface area (Å²) < 4.78 is 1.57. The van der Waals surface area contributed by atoms with E-state index in [-0.39, 0.29) is 17.2 Å². The van der Waals surface area contributed by atoms with Crippen LogP contribution in [0.3, 0.4) is 0 Å². The number of amides is 1. The third-order valence-corrected chi connectivity index (χ3v) is 6.90. The number of allylic oxidation sites excluding steroid dienone is 1. The lowest BCUT2D eigenvalue weighted by Gasteiger charge is -2.14. The van der Waals surface area contributed by atoms with Gasteiger partial charge in [-0.05, 0) is 50.6 Å². The summed E-state index contributed by atoms with van der Waals surface area (Å²) in [5.74, 6) is -0.244. The van der Waals surface area contributed by atoms with E-state index in [1.807, 2.05) is 13.8 Å². The Kier molecular flexibility index (Phi) is 6.58. The molecular weight excluding hydrogens is 418 g/mol. The van der Waals surface area contributed by atoms with Gasteiger partial charge < -0.3 is 5.32 Å². The zero-order valence-electron chi connectivity index (χ0n) is 17.3. The van der Waals surface area contributed by atoms with Crippen LogP contribution in [0.25, 0.3) is 10.2 Å². The Hall–Kier alpha value is -2.71. The van der Waals surface area contributed by atoms with Gasteiger partial charge in [0.05, 0.1) is 10.6 Å². The fourth-order valence-electron chi connectivity index (χ4n) is 3.06. The topological polar surface area (TPSA) is 81.1 Å². The molecule has 1 atom stereocenters. The summed E-state index contributed by atoms with van der Waals surface area (Å²) in [5, 5.41) is 3.37. The first kappa shape index (κ1) is 22.0. The largest absolute Gasteiger partial charge is 0.326 e. The van der Waals surface area contributed by atoms with Crippen LogP contribution in [0, 0.1) is 13.8 Å². The van der Waals surface area contributed by atoms with Crippen LogP contribution in [0.4, 0.5) is 5.69 Å². The summed E-state index contributed by atoms with van der Waals surface area (Å²) in [7, 11) is 0. The van der Waals surface area contributed by atoms with Crippen molar-refractivity contribution < 1.29 is 9.59 Å². The summed E-state index contributed by atoms with van der Waals surface area (Å²) >= 11 is 2.75. The first-order valence-electron chi connectivity index (χ1n) is 9.42. The molecule has 30 heavy (non-hydrogen) atoms. The lowest BCUT2D eigenvalue weighted by molar-refractivity contribution is -0.114. The number of hydrogen-bond acceptors (Lipinski definition) is 6. The summed E-state index contributed by atoms with van der Waals surface area (Å²) in [4.78, 5) is 43.6. The minimum absolute atomic E-state index is 0.0765. The van der Waals surface area contributed by atoms with Crippen LogP contribution in [-0.4, -0.2) is 26.5 Å². The van der Waals surface area contributed by atoms with E-state index in [9.17, 15) is 14.4 Å². The van der Waals surface area contributed by atoms with Crippen molar-refractivity contribution in [3.63, 3.8) is 0 Å². The van der Waals surface area contributed by atoms with Crippen molar-refractivity contribution in [2.45, 2.75) is 44.6 Å². The van der Waals surface area contributed by atoms with E-state index >= 15 is 0 Å². The number of carbonyl (C=O) groups excluding carboxylic acids is 2. The van der Waals surface area contributed by atoms with Crippen molar-refractivity contribution in [1.29, 1.82) is 0 Å². The summed E-state index contributed by atoms with van der Waals surface area (Å²) in [6, 6.07) is 6.76. The van der Waals surface area contributed by atoms with E-state index in [2.05, 4.69) is 11.9 Å². The normalized spacial score (nSPS) is 12.0. The molecular formula is C22H23N3O3S2. The van der Waals surface area contributed by atoms with E-state index in [4.69, 9.17) is 4.98 Å². The fraction of sp³-hybridized carbons (Fsp3) is 0.273. The molecule has 0 bridgehead atoms. The first-order valence-corrected chi connectivity index (χ1v) is 11.1.